The molecule has 0 radical (unpaired) electrons. The molecule has 4 heterocycles. The topological polar surface area (TPSA) is 61.4 Å². The van der Waals surface area contributed by atoms with Crippen molar-refractivity contribution >= 4 is 29.1 Å². The van der Waals surface area contributed by atoms with Gasteiger partial charge in [0.2, 0.25) is 0 Å². The van der Waals surface area contributed by atoms with E-state index in [1.54, 1.807) is 13.0 Å². The Morgan fingerprint density at radius 3 is 2.50 bits per heavy atom. The second-order valence-electron chi connectivity index (χ2n) is 11.8. The van der Waals surface area contributed by atoms with E-state index in [2.05, 4.69) is 20.2 Å². The number of hydrogen-bond acceptors (Lipinski definition) is 5. The number of amides is 1. The van der Waals surface area contributed by atoms with Crippen LogP contribution in [0.15, 0.2) is 42.7 Å². The van der Waals surface area contributed by atoms with Crippen molar-refractivity contribution in [3.8, 4) is 0 Å². The normalized spacial score (nSPS) is 24.3. The molecule has 6 nitrogen and oxygen atoms in total. The highest BCUT2D eigenvalue weighted by atomic mass is 35.5. The lowest BCUT2D eigenvalue weighted by atomic mass is 9.71. The Bertz CT molecular complexity index is 1520. The molecule has 40 heavy (non-hydrogen) atoms. The molecule has 3 aromatic rings. The number of hydrogen-bond donors (Lipinski definition) is 1. The molecule has 1 aromatic carbocycles. The molecule has 2 saturated carbocycles. The largest absolute Gasteiger partial charge is 0.362 e. The van der Waals surface area contributed by atoms with Crippen molar-refractivity contribution in [2.75, 3.05) is 29.9 Å². The van der Waals surface area contributed by atoms with Gasteiger partial charge >= 0.3 is 0 Å². The molecule has 2 aliphatic carbocycles. The molecule has 0 unspecified atom stereocenters. The summed E-state index contributed by atoms with van der Waals surface area (Å²) in [7, 11) is 0. The van der Waals surface area contributed by atoms with Crippen molar-refractivity contribution in [2.45, 2.75) is 56.0 Å². The molecule has 2 aliphatic heterocycles. The van der Waals surface area contributed by atoms with Gasteiger partial charge in [0.1, 0.15) is 5.82 Å². The number of pyridine rings is 2. The van der Waals surface area contributed by atoms with E-state index in [0.717, 1.165) is 23.9 Å². The van der Waals surface area contributed by atoms with E-state index in [0.29, 0.717) is 5.54 Å². The number of rotatable bonds is 6. The van der Waals surface area contributed by atoms with E-state index < -0.39 is 28.8 Å². The van der Waals surface area contributed by atoms with Crippen LogP contribution in [0.25, 0.3) is 0 Å². The molecule has 2 aromatic heterocycles. The second kappa shape index (κ2) is 9.17. The Kier molecular flexibility index (Phi) is 5.91. The Labute approximate surface area is 235 Å². The Morgan fingerprint density at radius 2 is 1.82 bits per heavy atom. The summed E-state index contributed by atoms with van der Waals surface area (Å²) < 4.78 is 46.8. The maximum atomic E-state index is 16.5. The number of aromatic nitrogens is 2. The molecule has 3 fully saturated rings. The highest BCUT2D eigenvalue weighted by Gasteiger charge is 2.58. The molecule has 10 heteroatoms. The second-order valence-corrected chi connectivity index (χ2v) is 12.2. The Hall–Kier alpha value is -3.17. The summed E-state index contributed by atoms with van der Waals surface area (Å²) in [4.78, 5) is 25.6. The molecule has 7 rings (SSSR count). The predicted octanol–water partition coefficient (Wildman–Crippen LogP) is 5.94. The monoisotopic (exact) mass is 567 g/mol. The van der Waals surface area contributed by atoms with Gasteiger partial charge in [-0.2, -0.15) is 0 Å². The van der Waals surface area contributed by atoms with Crippen molar-refractivity contribution in [3.63, 3.8) is 0 Å². The maximum absolute atomic E-state index is 16.5. The Morgan fingerprint density at radius 1 is 1.05 bits per heavy atom. The molecule has 0 bridgehead atoms. The smallest absolute Gasteiger partial charge is 0.261 e. The van der Waals surface area contributed by atoms with Gasteiger partial charge in [0.15, 0.2) is 23.3 Å². The molecular formula is C30H29ClF3N5O. The zero-order chi connectivity index (χ0) is 27.8. The third-order valence-corrected chi connectivity index (χ3v) is 9.83. The quantitative estimate of drug-likeness (QED) is 0.399. The van der Waals surface area contributed by atoms with E-state index in [9.17, 15) is 9.18 Å². The highest BCUT2D eigenvalue weighted by Crippen LogP contribution is 2.56. The van der Waals surface area contributed by atoms with Crippen molar-refractivity contribution in [1.82, 2.24) is 14.9 Å². The van der Waals surface area contributed by atoms with Gasteiger partial charge in [0.25, 0.3) is 5.91 Å². The summed E-state index contributed by atoms with van der Waals surface area (Å²) in [5.41, 5.74) is -1.06. The molecule has 1 saturated heterocycles. The van der Waals surface area contributed by atoms with Crippen LogP contribution in [0.1, 0.15) is 60.5 Å². The molecule has 208 valence electrons. The standard InChI is InChI=1S/C30H29ClF3N5O/c1-29(20-7-3-8-21(31)24(20)33)16-39(27-22(32)9-4-12-35-27)28(40)19-13-36-26(25(34)23(19)29)37-18-14-38(15-18)30(10-11-30)17-5-2-6-17/h3-4,7-9,12-13,17-18H,2,5-6,10-11,14-16H2,1H3,(H,36,37)/t29-/m1/s1. The lowest BCUT2D eigenvalue weighted by Gasteiger charge is -2.50. The zero-order valence-corrected chi connectivity index (χ0v) is 22.8. The number of carbonyl (C=O) groups excluding carboxylic acids is 1. The van der Waals surface area contributed by atoms with Crippen molar-refractivity contribution in [1.29, 1.82) is 0 Å². The van der Waals surface area contributed by atoms with Gasteiger partial charge in [0.05, 0.1) is 16.6 Å². The summed E-state index contributed by atoms with van der Waals surface area (Å²) in [6, 6.07) is 7.11. The van der Waals surface area contributed by atoms with E-state index >= 15 is 8.78 Å². The van der Waals surface area contributed by atoms with Crippen LogP contribution < -0.4 is 10.2 Å². The first-order chi connectivity index (χ1) is 19.2. The number of fused-ring (bicyclic) bond motifs is 1. The number of carbonyl (C=O) groups is 1. The SMILES string of the molecule is C[C@]1(c2cccc(Cl)c2F)CN(c2ncccc2F)C(=O)c2cnc(NC3CN(C4(C5CCC5)CC4)C3)c(F)c21. The average molecular weight is 568 g/mol. The average Bonchev–Trinajstić information content (AvgIpc) is 3.65. The molecule has 1 N–H and O–H groups in total. The summed E-state index contributed by atoms with van der Waals surface area (Å²) in [6.07, 6.45) is 9.02. The fourth-order valence-corrected chi connectivity index (χ4v) is 7.16. The number of nitrogens with zero attached hydrogens (tertiary/aromatic N) is 4. The number of halogens is 4. The van der Waals surface area contributed by atoms with Gasteiger partial charge in [-0.1, -0.05) is 30.2 Å². The van der Waals surface area contributed by atoms with Crippen molar-refractivity contribution in [3.05, 3.63) is 81.9 Å². The molecule has 1 atom stereocenters. The van der Waals surface area contributed by atoms with Crippen LogP contribution in [-0.2, 0) is 5.41 Å². The van der Waals surface area contributed by atoms with Crippen LogP contribution in [0.4, 0.5) is 24.8 Å². The van der Waals surface area contributed by atoms with Crippen LogP contribution in [0.5, 0.6) is 0 Å². The summed E-state index contributed by atoms with van der Waals surface area (Å²) in [6.45, 7) is 3.00. The fraction of sp³-hybridized carbons (Fsp3) is 0.433. The van der Waals surface area contributed by atoms with Crippen LogP contribution in [0.2, 0.25) is 5.02 Å². The minimum atomic E-state index is -1.42. The maximum Gasteiger partial charge on any atom is 0.261 e. The number of nitrogens with one attached hydrogen (secondary N) is 1. The number of benzene rings is 1. The van der Waals surface area contributed by atoms with Crippen LogP contribution >= 0.6 is 11.6 Å². The predicted molar refractivity (Wildman–Crippen MR) is 146 cm³/mol. The lowest BCUT2D eigenvalue weighted by molar-refractivity contribution is 0.0198. The first-order valence-electron chi connectivity index (χ1n) is 13.8. The van der Waals surface area contributed by atoms with Gasteiger partial charge in [0, 0.05) is 54.1 Å². The highest BCUT2D eigenvalue weighted by molar-refractivity contribution is 6.30. The number of anilines is 2. The van der Waals surface area contributed by atoms with Gasteiger partial charge in [-0.3, -0.25) is 14.6 Å². The van der Waals surface area contributed by atoms with Crippen molar-refractivity contribution < 1.29 is 18.0 Å². The van der Waals surface area contributed by atoms with Gasteiger partial charge in [-0.15, -0.1) is 0 Å². The van der Waals surface area contributed by atoms with Gasteiger partial charge < -0.3 is 5.32 Å². The van der Waals surface area contributed by atoms with Gasteiger partial charge in [-0.25, -0.2) is 23.1 Å². The van der Waals surface area contributed by atoms with E-state index in [-0.39, 0.29) is 45.9 Å². The van der Waals surface area contributed by atoms with Crippen LogP contribution in [0.3, 0.4) is 0 Å². The lowest BCUT2D eigenvalue weighted by Crippen LogP contribution is -2.62. The van der Waals surface area contributed by atoms with Crippen molar-refractivity contribution in [2.24, 2.45) is 5.92 Å². The van der Waals surface area contributed by atoms with E-state index in [1.807, 2.05) is 0 Å². The summed E-state index contributed by atoms with van der Waals surface area (Å²) >= 11 is 6.14. The summed E-state index contributed by atoms with van der Waals surface area (Å²) in [5, 5.41) is 3.11. The van der Waals surface area contributed by atoms with Crippen LogP contribution in [0, 0.1) is 23.4 Å². The molecule has 1 amide bonds. The first kappa shape index (κ1) is 25.8. The Balaban J connectivity index is 1.26. The minimum Gasteiger partial charge on any atom is -0.362 e. The van der Waals surface area contributed by atoms with E-state index in [4.69, 9.17) is 11.6 Å². The number of likely N-dealkylation sites (tertiary alicyclic amines) is 1. The molecular weight excluding hydrogens is 539 g/mol. The minimum absolute atomic E-state index is 0.00747. The van der Waals surface area contributed by atoms with Gasteiger partial charge in [-0.05, 0) is 56.7 Å². The molecule has 4 aliphatic rings. The van der Waals surface area contributed by atoms with Crippen LogP contribution in [-0.4, -0.2) is 52.0 Å². The summed E-state index contributed by atoms with van der Waals surface area (Å²) in [5.74, 6) is -2.23. The first-order valence-corrected chi connectivity index (χ1v) is 14.2. The third-order valence-electron chi connectivity index (χ3n) is 9.54. The zero-order valence-electron chi connectivity index (χ0n) is 22.1. The third kappa shape index (κ3) is 3.77. The molecule has 0 spiro atoms. The fourth-order valence-electron chi connectivity index (χ4n) is 6.98. The van der Waals surface area contributed by atoms with E-state index in [1.165, 1.54) is 68.8 Å².